The largest absolute Gasteiger partial charge is 0.334 e. The van der Waals surface area contributed by atoms with E-state index in [1.807, 2.05) is 19.4 Å². The summed E-state index contributed by atoms with van der Waals surface area (Å²) >= 11 is 1.71. The number of aryl methyl sites for hydroxylation is 3. The third-order valence-corrected chi connectivity index (χ3v) is 4.28. The van der Waals surface area contributed by atoms with Crippen molar-refractivity contribution in [2.24, 2.45) is 11.7 Å². The highest BCUT2D eigenvalue weighted by Crippen LogP contribution is 2.23. The van der Waals surface area contributed by atoms with Gasteiger partial charge >= 0.3 is 0 Å². The van der Waals surface area contributed by atoms with Gasteiger partial charge in [-0.05, 0) is 12.8 Å². The molecule has 2 rings (SSSR count). The number of aromatic nitrogens is 3. The van der Waals surface area contributed by atoms with Crippen LogP contribution >= 0.6 is 11.3 Å². The lowest BCUT2D eigenvalue weighted by atomic mass is 9.93. The molecule has 2 N–H and O–H groups in total. The standard InChI is InChI=1S/C14H22N4S/c1-10(2)13(6-15)14-7-16-9-18(14)5-4-12-8-19-11(3)17-12/h7-10,13H,4-6,15H2,1-3H3. The van der Waals surface area contributed by atoms with Crippen LogP contribution in [0.1, 0.15) is 36.2 Å². The lowest BCUT2D eigenvalue weighted by Gasteiger charge is -2.20. The van der Waals surface area contributed by atoms with Gasteiger partial charge in [-0.3, -0.25) is 0 Å². The zero-order chi connectivity index (χ0) is 13.8. The first kappa shape index (κ1) is 14.2. The fourth-order valence-corrected chi connectivity index (χ4v) is 2.97. The fraction of sp³-hybridized carbons (Fsp3) is 0.571. The Hall–Kier alpha value is -1.20. The lowest BCUT2D eigenvalue weighted by molar-refractivity contribution is 0.471. The molecule has 0 amide bonds. The van der Waals surface area contributed by atoms with Crippen LogP contribution in [0.5, 0.6) is 0 Å². The third kappa shape index (κ3) is 3.42. The predicted octanol–water partition coefficient (Wildman–Crippen LogP) is 2.59. The molecular formula is C14H22N4S. The average Bonchev–Trinajstić information content (AvgIpc) is 2.96. The molecule has 5 heteroatoms. The smallest absolute Gasteiger partial charge is 0.0948 e. The van der Waals surface area contributed by atoms with Crippen molar-refractivity contribution >= 4 is 11.3 Å². The van der Waals surface area contributed by atoms with E-state index < -0.39 is 0 Å². The Bertz CT molecular complexity index is 515. The number of nitrogens with zero attached hydrogens (tertiary/aromatic N) is 3. The molecule has 0 radical (unpaired) electrons. The Morgan fingerprint density at radius 2 is 2.21 bits per heavy atom. The van der Waals surface area contributed by atoms with E-state index >= 15 is 0 Å². The van der Waals surface area contributed by atoms with E-state index in [4.69, 9.17) is 5.73 Å². The summed E-state index contributed by atoms with van der Waals surface area (Å²) in [4.78, 5) is 8.78. The Labute approximate surface area is 118 Å². The average molecular weight is 278 g/mol. The molecule has 0 fully saturated rings. The second kappa shape index (κ2) is 6.30. The maximum Gasteiger partial charge on any atom is 0.0948 e. The van der Waals surface area contributed by atoms with Gasteiger partial charge < -0.3 is 10.3 Å². The van der Waals surface area contributed by atoms with Gasteiger partial charge in [-0.25, -0.2) is 9.97 Å². The summed E-state index contributed by atoms with van der Waals surface area (Å²) in [6.07, 6.45) is 4.80. The van der Waals surface area contributed by atoms with Crippen molar-refractivity contribution in [3.05, 3.63) is 34.3 Å². The second-order valence-electron chi connectivity index (χ2n) is 5.21. The van der Waals surface area contributed by atoms with Crippen molar-refractivity contribution in [3.63, 3.8) is 0 Å². The maximum absolute atomic E-state index is 5.89. The molecule has 104 valence electrons. The molecule has 0 aliphatic rings. The number of nitrogens with two attached hydrogens (primary N) is 1. The third-order valence-electron chi connectivity index (χ3n) is 3.46. The van der Waals surface area contributed by atoms with Crippen LogP contribution in [0.3, 0.4) is 0 Å². The summed E-state index contributed by atoms with van der Waals surface area (Å²) in [7, 11) is 0. The zero-order valence-electron chi connectivity index (χ0n) is 11.8. The zero-order valence-corrected chi connectivity index (χ0v) is 12.7. The van der Waals surface area contributed by atoms with Gasteiger partial charge in [0.2, 0.25) is 0 Å². The van der Waals surface area contributed by atoms with Crippen LogP contribution in [0.2, 0.25) is 0 Å². The van der Waals surface area contributed by atoms with Crippen molar-refractivity contribution in [3.8, 4) is 0 Å². The Kier molecular flexibility index (Phi) is 4.71. The van der Waals surface area contributed by atoms with Crippen LogP contribution < -0.4 is 5.73 Å². The molecule has 2 heterocycles. The van der Waals surface area contributed by atoms with Crippen molar-refractivity contribution in [2.45, 2.75) is 39.7 Å². The molecule has 4 nitrogen and oxygen atoms in total. The summed E-state index contributed by atoms with van der Waals surface area (Å²) in [6.45, 7) is 8.04. The van der Waals surface area contributed by atoms with Crippen molar-refractivity contribution in [1.29, 1.82) is 0 Å². The number of imidazole rings is 1. The number of hydrogen-bond acceptors (Lipinski definition) is 4. The summed E-state index contributed by atoms with van der Waals surface area (Å²) in [5.41, 5.74) is 8.30. The second-order valence-corrected chi connectivity index (χ2v) is 6.27. The van der Waals surface area contributed by atoms with E-state index in [1.165, 1.54) is 5.69 Å². The van der Waals surface area contributed by atoms with Gasteiger partial charge in [-0.15, -0.1) is 11.3 Å². The van der Waals surface area contributed by atoms with E-state index in [-0.39, 0.29) is 0 Å². The van der Waals surface area contributed by atoms with E-state index in [2.05, 4.69) is 33.8 Å². The lowest BCUT2D eigenvalue weighted by Crippen LogP contribution is -2.21. The van der Waals surface area contributed by atoms with Gasteiger partial charge in [0.1, 0.15) is 0 Å². The topological polar surface area (TPSA) is 56.7 Å². The van der Waals surface area contributed by atoms with Gasteiger partial charge in [-0.1, -0.05) is 13.8 Å². The molecule has 0 saturated heterocycles. The van der Waals surface area contributed by atoms with E-state index in [0.717, 1.165) is 23.7 Å². The van der Waals surface area contributed by atoms with Crippen LogP contribution in [0.4, 0.5) is 0 Å². The van der Waals surface area contributed by atoms with E-state index in [9.17, 15) is 0 Å². The molecule has 0 bridgehead atoms. The molecule has 0 spiro atoms. The van der Waals surface area contributed by atoms with E-state index in [1.54, 1.807) is 11.3 Å². The Balaban J connectivity index is 2.07. The maximum atomic E-state index is 5.89. The number of rotatable bonds is 6. The fourth-order valence-electron chi connectivity index (χ4n) is 2.32. The number of thiazole rings is 1. The van der Waals surface area contributed by atoms with Gasteiger partial charge in [-0.2, -0.15) is 0 Å². The first-order valence-electron chi connectivity index (χ1n) is 6.73. The van der Waals surface area contributed by atoms with Crippen LogP contribution in [0.25, 0.3) is 0 Å². The van der Waals surface area contributed by atoms with Crippen LogP contribution in [0, 0.1) is 12.8 Å². The first-order valence-corrected chi connectivity index (χ1v) is 7.61. The van der Waals surface area contributed by atoms with Gasteiger partial charge in [0.05, 0.1) is 17.0 Å². The molecule has 19 heavy (non-hydrogen) atoms. The highest BCUT2D eigenvalue weighted by molar-refractivity contribution is 7.09. The Morgan fingerprint density at radius 3 is 2.79 bits per heavy atom. The quantitative estimate of drug-likeness (QED) is 0.883. The summed E-state index contributed by atoms with van der Waals surface area (Å²) < 4.78 is 2.21. The highest BCUT2D eigenvalue weighted by atomic mass is 32.1. The van der Waals surface area contributed by atoms with Gasteiger partial charge in [0, 0.05) is 42.7 Å². The minimum absolute atomic E-state index is 0.375. The van der Waals surface area contributed by atoms with Crippen molar-refractivity contribution in [2.75, 3.05) is 6.54 Å². The van der Waals surface area contributed by atoms with Gasteiger partial charge in [0.15, 0.2) is 0 Å². The number of hydrogen-bond donors (Lipinski definition) is 1. The van der Waals surface area contributed by atoms with Gasteiger partial charge in [0.25, 0.3) is 0 Å². The van der Waals surface area contributed by atoms with Crippen LogP contribution in [0.15, 0.2) is 17.9 Å². The van der Waals surface area contributed by atoms with Crippen LogP contribution in [-0.4, -0.2) is 21.1 Å². The molecule has 1 atom stereocenters. The van der Waals surface area contributed by atoms with E-state index in [0.29, 0.717) is 18.4 Å². The normalized spacial score (nSPS) is 13.1. The summed E-state index contributed by atoms with van der Waals surface area (Å²) in [5, 5.41) is 3.26. The minimum atomic E-state index is 0.375. The monoisotopic (exact) mass is 278 g/mol. The molecule has 2 aromatic heterocycles. The Morgan fingerprint density at radius 1 is 1.42 bits per heavy atom. The first-order chi connectivity index (χ1) is 9.11. The molecule has 0 aliphatic heterocycles. The van der Waals surface area contributed by atoms with Crippen molar-refractivity contribution < 1.29 is 0 Å². The minimum Gasteiger partial charge on any atom is -0.334 e. The predicted molar refractivity (Wildman–Crippen MR) is 79.4 cm³/mol. The molecule has 0 aliphatic carbocycles. The summed E-state index contributed by atoms with van der Waals surface area (Å²) in [5.74, 6) is 0.904. The molecular weight excluding hydrogens is 256 g/mol. The highest BCUT2D eigenvalue weighted by Gasteiger charge is 2.18. The summed E-state index contributed by atoms with van der Waals surface area (Å²) in [6, 6.07) is 0. The molecule has 2 aromatic rings. The molecule has 1 unspecified atom stereocenters. The molecule has 0 aromatic carbocycles. The van der Waals surface area contributed by atoms with Crippen molar-refractivity contribution in [1.82, 2.24) is 14.5 Å². The molecule has 0 saturated carbocycles. The van der Waals surface area contributed by atoms with Crippen LogP contribution in [-0.2, 0) is 13.0 Å². The SMILES string of the molecule is Cc1nc(CCn2cncc2C(CN)C(C)C)cs1.